The fraction of sp³-hybridized carbons (Fsp3) is 0.259. The molecule has 0 saturated carbocycles. The molecule has 3 rings (SSSR count). The lowest BCUT2D eigenvalue weighted by Crippen LogP contribution is -2.52. The van der Waals surface area contributed by atoms with E-state index >= 15 is 0 Å². The first kappa shape index (κ1) is 28.6. The average molecular weight is 546 g/mol. The van der Waals surface area contributed by atoms with E-state index < -0.39 is 46.1 Å². The van der Waals surface area contributed by atoms with Crippen LogP contribution in [0.4, 0.5) is 14.5 Å². The Bertz CT molecular complexity index is 1390. The van der Waals surface area contributed by atoms with Crippen molar-refractivity contribution in [2.24, 2.45) is 0 Å². The molecular formula is C27H29F2N3O5S. The first-order valence-electron chi connectivity index (χ1n) is 11.6. The van der Waals surface area contributed by atoms with Gasteiger partial charge in [-0.3, -0.25) is 13.9 Å². The molecule has 0 fully saturated rings. The fourth-order valence-electron chi connectivity index (χ4n) is 3.94. The summed E-state index contributed by atoms with van der Waals surface area (Å²) in [5.41, 5.74) is 1.20. The normalized spacial score (nSPS) is 11.9. The van der Waals surface area contributed by atoms with Crippen LogP contribution >= 0.6 is 0 Å². The Balaban J connectivity index is 2.04. The molecule has 3 aromatic rings. The summed E-state index contributed by atoms with van der Waals surface area (Å²) in [6, 6.07) is 17.5. The highest BCUT2D eigenvalue weighted by molar-refractivity contribution is 7.92. The number of benzene rings is 3. The number of hydrogen-bond donors (Lipinski definition) is 1. The molecular weight excluding hydrogens is 516 g/mol. The van der Waals surface area contributed by atoms with E-state index in [1.54, 1.807) is 36.4 Å². The van der Waals surface area contributed by atoms with Gasteiger partial charge in [0.05, 0.1) is 19.1 Å². The molecule has 0 radical (unpaired) electrons. The Kier molecular flexibility index (Phi) is 9.40. The zero-order valence-corrected chi connectivity index (χ0v) is 22.0. The van der Waals surface area contributed by atoms with Gasteiger partial charge in [-0.05, 0) is 35.4 Å². The smallest absolute Gasteiger partial charge is 0.244 e. The summed E-state index contributed by atoms with van der Waals surface area (Å²) in [5.74, 6) is -3.05. The van der Waals surface area contributed by atoms with Gasteiger partial charge in [0.2, 0.25) is 21.8 Å². The van der Waals surface area contributed by atoms with Crippen molar-refractivity contribution in [1.29, 1.82) is 0 Å². The van der Waals surface area contributed by atoms with E-state index in [0.29, 0.717) is 21.7 Å². The summed E-state index contributed by atoms with van der Waals surface area (Å²) in [5, 5.41) is 2.58. The van der Waals surface area contributed by atoms with Crippen LogP contribution in [0, 0.1) is 11.6 Å². The summed E-state index contributed by atoms with van der Waals surface area (Å²) in [6.07, 6.45) is 1.01. The third-order valence-electron chi connectivity index (χ3n) is 5.87. The Labute approximate surface area is 220 Å². The SMILES string of the molecule is CNC(=O)[C@H](Cc1ccccc1)N(Cc1cccc(OC)c1)C(=O)CN(c1ccc(F)c(F)c1)S(C)(=O)=O. The predicted molar refractivity (Wildman–Crippen MR) is 140 cm³/mol. The third-order valence-corrected chi connectivity index (χ3v) is 7.02. The number of sulfonamides is 1. The molecule has 1 atom stereocenters. The zero-order valence-electron chi connectivity index (χ0n) is 21.2. The maximum Gasteiger partial charge on any atom is 0.244 e. The monoisotopic (exact) mass is 545 g/mol. The van der Waals surface area contributed by atoms with Crippen LogP contribution in [0.25, 0.3) is 0 Å². The van der Waals surface area contributed by atoms with Gasteiger partial charge in [-0.1, -0.05) is 42.5 Å². The van der Waals surface area contributed by atoms with Crippen molar-refractivity contribution in [1.82, 2.24) is 10.2 Å². The van der Waals surface area contributed by atoms with Crippen molar-refractivity contribution in [3.8, 4) is 5.75 Å². The second-order valence-corrected chi connectivity index (χ2v) is 10.5. The van der Waals surface area contributed by atoms with Crippen molar-refractivity contribution in [3.05, 3.63) is 95.6 Å². The standard InChI is InChI=1S/C27H29F2N3O5S/c1-30-27(34)25(15-19-8-5-4-6-9-19)31(17-20-10-7-11-22(14-20)37-2)26(33)18-32(38(3,35)36)21-12-13-23(28)24(29)16-21/h4-14,16,25H,15,17-18H2,1-3H3,(H,30,34)/t25-/m0/s1. The van der Waals surface area contributed by atoms with Crippen LogP contribution in [-0.4, -0.2) is 58.1 Å². The van der Waals surface area contributed by atoms with E-state index in [4.69, 9.17) is 4.74 Å². The number of hydrogen-bond acceptors (Lipinski definition) is 5. The van der Waals surface area contributed by atoms with Crippen molar-refractivity contribution < 1.29 is 31.5 Å². The number of rotatable bonds is 11. The van der Waals surface area contributed by atoms with E-state index in [2.05, 4.69) is 5.32 Å². The molecule has 11 heteroatoms. The lowest BCUT2D eigenvalue weighted by molar-refractivity contribution is -0.139. The molecule has 38 heavy (non-hydrogen) atoms. The van der Waals surface area contributed by atoms with Gasteiger partial charge >= 0.3 is 0 Å². The quantitative estimate of drug-likeness (QED) is 0.400. The van der Waals surface area contributed by atoms with Gasteiger partial charge < -0.3 is 15.0 Å². The molecule has 0 unspecified atom stereocenters. The highest BCUT2D eigenvalue weighted by Gasteiger charge is 2.32. The first-order chi connectivity index (χ1) is 18.0. The molecule has 202 valence electrons. The summed E-state index contributed by atoms with van der Waals surface area (Å²) < 4.78 is 58.7. The fourth-order valence-corrected chi connectivity index (χ4v) is 4.78. The van der Waals surface area contributed by atoms with Gasteiger partial charge in [0.25, 0.3) is 0 Å². The van der Waals surface area contributed by atoms with Crippen LogP contribution in [-0.2, 0) is 32.6 Å². The summed E-state index contributed by atoms with van der Waals surface area (Å²) in [7, 11) is -1.15. The van der Waals surface area contributed by atoms with E-state index in [9.17, 15) is 26.8 Å². The van der Waals surface area contributed by atoms with Crippen LogP contribution in [0.15, 0.2) is 72.8 Å². The molecule has 0 spiro atoms. The molecule has 3 aromatic carbocycles. The second kappa shape index (κ2) is 12.5. The molecule has 0 saturated heterocycles. The Morgan fingerprint density at radius 3 is 2.24 bits per heavy atom. The van der Waals surface area contributed by atoms with Crippen molar-refractivity contribution in [3.63, 3.8) is 0 Å². The van der Waals surface area contributed by atoms with Gasteiger partial charge in [0.1, 0.15) is 18.3 Å². The highest BCUT2D eigenvalue weighted by Crippen LogP contribution is 2.23. The molecule has 0 aliphatic carbocycles. The van der Waals surface area contributed by atoms with Crippen LogP contribution in [0.3, 0.4) is 0 Å². The average Bonchev–Trinajstić information content (AvgIpc) is 2.90. The van der Waals surface area contributed by atoms with Gasteiger partial charge in [-0.2, -0.15) is 0 Å². The number of anilines is 1. The van der Waals surface area contributed by atoms with Crippen molar-refractivity contribution in [2.45, 2.75) is 19.0 Å². The first-order valence-corrected chi connectivity index (χ1v) is 13.5. The van der Waals surface area contributed by atoms with Crippen molar-refractivity contribution >= 4 is 27.5 Å². The molecule has 8 nitrogen and oxygen atoms in total. The molecule has 0 heterocycles. The Hall–Kier alpha value is -3.99. The molecule has 0 aromatic heterocycles. The number of likely N-dealkylation sites (N-methyl/N-ethyl adjacent to an activating group) is 1. The molecule has 0 aliphatic rings. The second-order valence-electron chi connectivity index (χ2n) is 8.56. The summed E-state index contributed by atoms with van der Waals surface area (Å²) in [6.45, 7) is -0.785. The van der Waals surface area contributed by atoms with Crippen LogP contribution in [0.2, 0.25) is 0 Å². The number of amides is 2. The number of ether oxygens (including phenoxy) is 1. The van der Waals surface area contributed by atoms with Gasteiger partial charge in [-0.25, -0.2) is 17.2 Å². The van der Waals surface area contributed by atoms with Crippen LogP contribution in [0.5, 0.6) is 5.75 Å². The number of carbonyl (C=O) groups is 2. The number of nitrogens with one attached hydrogen (secondary N) is 1. The maximum absolute atomic E-state index is 13.9. The van der Waals surface area contributed by atoms with E-state index in [1.165, 1.54) is 19.1 Å². The van der Waals surface area contributed by atoms with Gasteiger partial charge in [0.15, 0.2) is 11.6 Å². The van der Waals surface area contributed by atoms with Gasteiger partial charge in [0, 0.05) is 26.1 Å². The topological polar surface area (TPSA) is 96.0 Å². The number of carbonyl (C=O) groups excluding carboxylic acids is 2. The predicted octanol–water partition coefficient (Wildman–Crippen LogP) is 3.13. The van der Waals surface area contributed by atoms with Gasteiger partial charge in [-0.15, -0.1) is 0 Å². The Morgan fingerprint density at radius 2 is 1.63 bits per heavy atom. The minimum absolute atomic E-state index is 0.0453. The highest BCUT2D eigenvalue weighted by atomic mass is 32.2. The summed E-state index contributed by atoms with van der Waals surface area (Å²) >= 11 is 0. The largest absolute Gasteiger partial charge is 0.497 e. The molecule has 2 amide bonds. The molecule has 1 N–H and O–H groups in total. The lowest BCUT2D eigenvalue weighted by atomic mass is 10.0. The number of halogens is 2. The van der Waals surface area contributed by atoms with Crippen LogP contribution < -0.4 is 14.4 Å². The number of nitrogens with zero attached hydrogens (tertiary/aromatic N) is 2. The zero-order chi connectivity index (χ0) is 27.9. The Morgan fingerprint density at radius 1 is 0.947 bits per heavy atom. The minimum Gasteiger partial charge on any atom is -0.497 e. The van der Waals surface area contributed by atoms with Crippen LogP contribution in [0.1, 0.15) is 11.1 Å². The van der Waals surface area contributed by atoms with E-state index in [0.717, 1.165) is 24.0 Å². The summed E-state index contributed by atoms with van der Waals surface area (Å²) in [4.78, 5) is 28.1. The minimum atomic E-state index is -4.09. The number of methoxy groups -OCH3 is 1. The third kappa shape index (κ3) is 7.28. The van der Waals surface area contributed by atoms with Crippen molar-refractivity contribution in [2.75, 3.05) is 31.3 Å². The maximum atomic E-state index is 13.9. The molecule has 0 bridgehead atoms. The van der Waals surface area contributed by atoms with E-state index in [-0.39, 0.29) is 18.7 Å². The van der Waals surface area contributed by atoms with E-state index in [1.807, 2.05) is 18.2 Å². The molecule has 0 aliphatic heterocycles. The lowest BCUT2D eigenvalue weighted by Gasteiger charge is -2.33.